The molecule has 1 saturated carbocycles. The minimum atomic E-state index is -0.419. The van der Waals surface area contributed by atoms with Gasteiger partial charge in [-0.3, -0.25) is 0 Å². The van der Waals surface area contributed by atoms with E-state index in [-0.39, 0.29) is 5.60 Å². The summed E-state index contributed by atoms with van der Waals surface area (Å²) in [6, 6.07) is 0. The Kier molecular flexibility index (Phi) is 1.79. The highest BCUT2D eigenvalue weighted by molar-refractivity contribution is 5.22. The van der Waals surface area contributed by atoms with E-state index in [1.807, 2.05) is 0 Å². The van der Waals surface area contributed by atoms with Crippen LogP contribution in [0.3, 0.4) is 0 Å². The Morgan fingerprint density at radius 2 is 2.14 bits per heavy atom. The molecule has 2 unspecified atom stereocenters. The van der Waals surface area contributed by atoms with Crippen LogP contribution < -0.4 is 0 Å². The van der Waals surface area contributed by atoms with Gasteiger partial charge in [-0.1, -0.05) is 12.2 Å². The molecule has 1 saturated heterocycles. The molecule has 14 heavy (non-hydrogen) atoms. The summed E-state index contributed by atoms with van der Waals surface area (Å²) < 4.78 is 17.2. The number of hydrogen-bond acceptors (Lipinski definition) is 3. The van der Waals surface area contributed by atoms with Gasteiger partial charge in [-0.05, 0) is 12.8 Å². The van der Waals surface area contributed by atoms with E-state index >= 15 is 0 Å². The van der Waals surface area contributed by atoms with Gasteiger partial charge in [0.2, 0.25) is 0 Å². The monoisotopic (exact) mass is 196 g/mol. The Morgan fingerprint density at radius 3 is 2.79 bits per heavy atom. The third-order valence-electron chi connectivity index (χ3n) is 3.90. The van der Waals surface area contributed by atoms with Crippen LogP contribution in [0.1, 0.15) is 19.3 Å². The van der Waals surface area contributed by atoms with Gasteiger partial charge in [-0.15, -0.1) is 0 Å². The van der Waals surface area contributed by atoms with Crippen molar-refractivity contribution in [2.45, 2.75) is 30.7 Å². The summed E-state index contributed by atoms with van der Waals surface area (Å²) in [5.74, 6) is 0.0660. The summed E-state index contributed by atoms with van der Waals surface area (Å²) in [6.45, 7) is 1.42. The molecule has 3 heteroatoms. The molecule has 3 rings (SSSR count). The fraction of sp³-hybridized carbons (Fsp3) is 0.818. The number of fused-ring (bicyclic) bond motifs is 2. The maximum atomic E-state index is 5.76. The average molecular weight is 196 g/mol. The van der Waals surface area contributed by atoms with Crippen LogP contribution in [0.15, 0.2) is 12.2 Å². The molecule has 2 fully saturated rings. The summed E-state index contributed by atoms with van der Waals surface area (Å²) in [6.07, 6.45) is 7.54. The fourth-order valence-electron chi connectivity index (χ4n) is 3.16. The maximum absolute atomic E-state index is 5.76. The first-order valence-electron chi connectivity index (χ1n) is 5.33. The van der Waals surface area contributed by atoms with Crippen LogP contribution in [0.4, 0.5) is 0 Å². The van der Waals surface area contributed by atoms with Crippen molar-refractivity contribution in [3.63, 3.8) is 0 Å². The second-order valence-corrected chi connectivity index (χ2v) is 4.32. The normalized spacial score (nSPS) is 43.6. The number of methoxy groups -OCH3 is 1. The van der Waals surface area contributed by atoms with Crippen LogP contribution in [0.2, 0.25) is 0 Å². The first-order valence-corrected chi connectivity index (χ1v) is 5.33. The lowest BCUT2D eigenvalue weighted by atomic mass is 9.59. The molecule has 0 aromatic carbocycles. The van der Waals surface area contributed by atoms with Crippen LogP contribution in [-0.4, -0.2) is 31.7 Å². The highest BCUT2D eigenvalue weighted by Crippen LogP contribution is 2.58. The largest absolute Gasteiger partial charge is 0.372 e. The van der Waals surface area contributed by atoms with Gasteiger partial charge in [0.25, 0.3) is 0 Å². The lowest BCUT2D eigenvalue weighted by molar-refractivity contribution is -0.357. The fourth-order valence-corrected chi connectivity index (χ4v) is 3.16. The van der Waals surface area contributed by atoms with Gasteiger partial charge < -0.3 is 14.2 Å². The van der Waals surface area contributed by atoms with Gasteiger partial charge in [-0.25, -0.2) is 0 Å². The number of rotatable bonds is 1. The predicted octanol–water partition coefficient (Wildman–Crippen LogP) is 1.48. The number of ether oxygens (including phenoxy) is 3. The maximum Gasteiger partial charge on any atom is 0.199 e. The first kappa shape index (κ1) is 8.89. The summed E-state index contributed by atoms with van der Waals surface area (Å²) in [4.78, 5) is 0. The van der Waals surface area contributed by atoms with Crippen molar-refractivity contribution in [3.05, 3.63) is 12.2 Å². The van der Waals surface area contributed by atoms with Crippen molar-refractivity contribution in [2.24, 2.45) is 5.92 Å². The van der Waals surface area contributed by atoms with Gasteiger partial charge >= 0.3 is 0 Å². The zero-order chi connectivity index (χ0) is 9.65. The minimum absolute atomic E-state index is 0.196. The summed E-state index contributed by atoms with van der Waals surface area (Å²) in [7, 11) is 1.78. The lowest BCUT2D eigenvalue weighted by Crippen LogP contribution is -2.70. The zero-order valence-corrected chi connectivity index (χ0v) is 8.49. The van der Waals surface area contributed by atoms with Crippen molar-refractivity contribution in [2.75, 3.05) is 20.3 Å². The molecule has 1 spiro atoms. The minimum Gasteiger partial charge on any atom is -0.372 e. The van der Waals surface area contributed by atoms with Gasteiger partial charge in [0.15, 0.2) is 5.79 Å². The van der Waals surface area contributed by atoms with Crippen LogP contribution in [0, 0.1) is 5.92 Å². The summed E-state index contributed by atoms with van der Waals surface area (Å²) in [5, 5.41) is 0. The molecular formula is C11H16O3. The Labute approximate surface area is 84.0 Å². The second-order valence-electron chi connectivity index (χ2n) is 4.32. The van der Waals surface area contributed by atoms with Gasteiger partial charge in [0.05, 0.1) is 13.2 Å². The molecule has 3 aliphatic rings. The Hall–Kier alpha value is -0.380. The molecule has 0 amide bonds. The van der Waals surface area contributed by atoms with E-state index in [4.69, 9.17) is 14.2 Å². The zero-order valence-electron chi connectivity index (χ0n) is 8.49. The predicted molar refractivity (Wildman–Crippen MR) is 50.9 cm³/mol. The smallest absolute Gasteiger partial charge is 0.199 e. The van der Waals surface area contributed by atoms with Crippen molar-refractivity contribution < 1.29 is 14.2 Å². The molecule has 0 aromatic rings. The highest BCUT2D eigenvalue weighted by atomic mass is 16.8. The molecule has 0 aromatic heterocycles. The van der Waals surface area contributed by atoms with Gasteiger partial charge in [0.1, 0.15) is 5.60 Å². The third-order valence-corrected chi connectivity index (χ3v) is 3.90. The first-order chi connectivity index (χ1) is 6.83. The van der Waals surface area contributed by atoms with E-state index in [0.29, 0.717) is 19.1 Å². The van der Waals surface area contributed by atoms with E-state index in [2.05, 4.69) is 12.2 Å². The van der Waals surface area contributed by atoms with E-state index in [1.54, 1.807) is 7.11 Å². The number of allylic oxidation sites excluding steroid dienone is 1. The summed E-state index contributed by atoms with van der Waals surface area (Å²) >= 11 is 0. The van der Waals surface area contributed by atoms with E-state index in [9.17, 15) is 0 Å². The standard InChI is InChI=1S/C11H16O3/c1-12-10-5-3-2-4-9(10)8-11(10)13-6-7-14-11/h2,4,9H,3,5-8H2,1H3. The Morgan fingerprint density at radius 1 is 1.36 bits per heavy atom. The topological polar surface area (TPSA) is 27.7 Å². The van der Waals surface area contributed by atoms with Crippen LogP contribution in [-0.2, 0) is 14.2 Å². The molecule has 0 bridgehead atoms. The number of hydrogen-bond donors (Lipinski definition) is 0. The van der Waals surface area contributed by atoms with Crippen molar-refractivity contribution in [1.82, 2.24) is 0 Å². The molecule has 0 radical (unpaired) electrons. The molecule has 3 nitrogen and oxygen atoms in total. The molecule has 1 heterocycles. The summed E-state index contributed by atoms with van der Waals surface area (Å²) in [5.41, 5.74) is -0.196. The quantitative estimate of drug-likeness (QED) is 0.595. The van der Waals surface area contributed by atoms with Gasteiger partial charge in [-0.2, -0.15) is 0 Å². The molecular weight excluding hydrogens is 180 g/mol. The van der Waals surface area contributed by atoms with Crippen molar-refractivity contribution in [1.29, 1.82) is 0 Å². The average Bonchev–Trinajstić information content (AvgIpc) is 2.68. The molecule has 1 aliphatic heterocycles. The van der Waals surface area contributed by atoms with E-state index in [0.717, 1.165) is 19.3 Å². The van der Waals surface area contributed by atoms with Crippen molar-refractivity contribution in [3.8, 4) is 0 Å². The van der Waals surface area contributed by atoms with Crippen molar-refractivity contribution >= 4 is 0 Å². The lowest BCUT2D eigenvalue weighted by Gasteiger charge is -2.60. The van der Waals surface area contributed by atoms with E-state index < -0.39 is 5.79 Å². The molecule has 0 N–H and O–H groups in total. The Balaban J connectivity index is 1.93. The van der Waals surface area contributed by atoms with Crippen LogP contribution in [0.5, 0.6) is 0 Å². The molecule has 2 aliphatic carbocycles. The van der Waals surface area contributed by atoms with Crippen LogP contribution >= 0.6 is 0 Å². The highest BCUT2D eigenvalue weighted by Gasteiger charge is 2.69. The van der Waals surface area contributed by atoms with Gasteiger partial charge in [0, 0.05) is 19.4 Å². The SMILES string of the molecule is COC12CCC=CC1CC21OCCO1. The second kappa shape index (κ2) is 2.81. The Bertz CT molecular complexity index is 268. The molecule has 2 atom stereocenters. The van der Waals surface area contributed by atoms with E-state index in [1.165, 1.54) is 0 Å². The van der Waals surface area contributed by atoms with Crippen LogP contribution in [0.25, 0.3) is 0 Å². The molecule has 78 valence electrons. The third kappa shape index (κ3) is 0.835.